The molecule has 0 aromatic carbocycles. The summed E-state index contributed by atoms with van der Waals surface area (Å²) >= 11 is 0. The molecular weight excluding hydrogens is 240 g/mol. The number of fused-ring (bicyclic) bond motifs is 5. The van der Waals surface area contributed by atoms with E-state index in [1.807, 2.05) is 0 Å². The van der Waals surface area contributed by atoms with Crippen molar-refractivity contribution >= 4 is 0 Å². The van der Waals surface area contributed by atoms with Gasteiger partial charge < -0.3 is 15.2 Å². The Morgan fingerprint density at radius 3 is 2.53 bits per heavy atom. The molecule has 0 aromatic heterocycles. The summed E-state index contributed by atoms with van der Waals surface area (Å²) in [4.78, 5) is 2.31. The van der Waals surface area contributed by atoms with Crippen molar-refractivity contribution in [2.24, 2.45) is 23.7 Å². The fraction of sp³-hybridized carbons (Fsp3) is 1.00. The SMILES string of the molecule is OC(CNC1C2C3CCC(C3)C12)CN1CCOCC1. The van der Waals surface area contributed by atoms with Gasteiger partial charge in [-0.15, -0.1) is 0 Å². The smallest absolute Gasteiger partial charge is 0.0791 e. The predicted octanol–water partition coefficient (Wildman–Crippen LogP) is 0.314. The van der Waals surface area contributed by atoms with E-state index in [4.69, 9.17) is 4.74 Å². The number of morpholine rings is 1. The second-order valence-electron chi connectivity index (χ2n) is 6.99. The Labute approximate surface area is 115 Å². The van der Waals surface area contributed by atoms with Crippen LogP contribution in [0.3, 0.4) is 0 Å². The maximum absolute atomic E-state index is 10.1. The van der Waals surface area contributed by atoms with Crippen LogP contribution < -0.4 is 5.32 Å². The summed E-state index contributed by atoms with van der Waals surface area (Å²) in [5.74, 6) is 3.97. The molecule has 2 N–H and O–H groups in total. The average Bonchev–Trinajstić information content (AvgIpc) is 2.81. The van der Waals surface area contributed by atoms with E-state index in [0.717, 1.165) is 69.1 Å². The van der Waals surface area contributed by atoms with Crippen molar-refractivity contribution in [3.05, 3.63) is 0 Å². The van der Waals surface area contributed by atoms with Gasteiger partial charge in [0.15, 0.2) is 0 Å². The van der Waals surface area contributed by atoms with Crippen LogP contribution in [0.25, 0.3) is 0 Å². The molecule has 5 unspecified atom stereocenters. The van der Waals surface area contributed by atoms with Gasteiger partial charge in [-0.25, -0.2) is 0 Å². The maximum atomic E-state index is 10.1. The molecule has 0 aromatic rings. The molecule has 4 aliphatic rings. The van der Waals surface area contributed by atoms with Crippen molar-refractivity contribution in [2.75, 3.05) is 39.4 Å². The van der Waals surface area contributed by atoms with E-state index < -0.39 is 0 Å². The predicted molar refractivity (Wildman–Crippen MR) is 72.9 cm³/mol. The number of hydrogen-bond donors (Lipinski definition) is 2. The molecule has 0 spiro atoms. The number of hydrogen-bond acceptors (Lipinski definition) is 4. The molecular formula is C15H26N2O2. The second kappa shape index (κ2) is 4.99. The lowest BCUT2D eigenvalue weighted by molar-refractivity contribution is 0.0147. The zero-order chi connectivity index (χ0) is 12.8. The van der Waals surface area contributed by atoms with Crippen molar-refractivity contribution in [3.8, 4) is 0 Å². The van der Waals surface area contributed by atoms with E-state index in [1.165, 1.54) is 19.3 Å². The summed E-state index contributed by atoms with van der Waals surface area (Å²) in [5, 5.41) is 13.8. The van der Waals surface area contributed by atoms with Gasteiger partial charge in [-0.3, -0.25) is 4.90 Å². The highest BCUT2D eigenvalue weighted by atomic mass is 16.5. The van der Waals surface area contributed by atoms with Crippen LogP contribution in [0.2, 0.25) is 0 Å². The van der Waals surface area contributed by atoms with Crippen LogP contribution in [0.1, 0.15) is 19.3 Å². The zero-order valence-corrected chi connectivity index (χ0v) is 11.6. The lowest BCUT2D eigenvalue weighted by atomic mass is 10.0. The summed E-state index contributed by atoms with van der Waals surface area (Å²) in [6, 6.07) is 0.741. The molecule has 1 aliphatic heterocycles. The van der Waals surface area contributed by atoms with E-state index in [9.17, 15) is 5.11 Å². The normalized spacial score (nSPS) is 46.3. The monoisotopic (exact) mass is 266 g/mol. The lowest BCUT2D eigenvalue weighted by Gasteiger charge is -2.28. The Balaban J connectivity index is 1.19. The summed E-state index contributed by atoms with van der Waals surface area (Å²) in [6.45, 7) is 5.14. The number of aliphatic hydroxyl groups is 1. The van der Waals surface area contributed by atoms with Crippen molar-refractivity contribution in [2.45, 2.75) is 31.4 Å². The minimum Gasteiger partial charge on any atom is -0.390 e. The number of aliphatic hydroxyl groups excluding tert-OH is 1. The molecule has 4 heteroatoms. The number of nitrogens with one attached hydrogen (secondary N) is 1. The standard InChI is InChI=1S/C15H26N2O2/c18-12(9-17-3-5-19-6-4-17)8-16-15-13-10-1-2-11(7-10)14(13)15/h10-16,18H,1-9H2. The summed E-state index contributed by atoms with van der Waals surface area (Å²) < 4.78 is 5.33. The van der Waals surface area contributed by atoms with Gasteiger partial charge in [0.2, 0.25) is 0 Å². The molecule has 4 fully saturated rings. The molecule has 0 amide bonds. The Morgan fingerprint density at radius 2 is 1.84 bits per heavy atom. The third kappa shape index (κ3) is 2.33. The van der Waals surface area contributed by atoms with Crippen molar-refractivity contribution in [1.82, 2.24) is 10.2 Å². The highest BCUT2D eigenvalue weighted by Crippen LogP contribution is 2.65. The largest absolute Gasteiger partial charge is 0.390 e. The number of nitrogens with zero attached hydrogens (tertiary/aromatic N) is 1. The van der Waals surface area contributed by atoms with Crippen LogP contribution >= 0.6 is 0 Å². The fourth-order valence-electron chi connectivity index (χ4n) is 5.02. The van der Waals surface area contributed by atoms with Crippen LogP contribution in [0.15, 0.2) is 0 Å². The fourth-order valence-corrected chi connectivity index (χ4v) is 5.02. The first-order valence-corrected chi connectivity index (χ1v) is 8.04. The van der Waals surface area contributed by atoms with Gasteiger partial charge in [-0.2, -0.15) is 0 Å². The van der Waals surface area contributed by atoms with Gasteiger partial charge in [0, 0.05) is 32.2 Å². The van der Waals surface area contributed by atoms with Gasteiger partial charge in [-0.1, -0.05) is 0 Å². The first-order chi connectivity index (χ1) is 9.33. The first kappa shape index (κ1) is 12.6. The number of rotatable bonds is 5. The van der Waals surface area contributed by atoms with Gasteiger partial charge >= 0.3 is 0 Å². The van der Waals surface area contributed by atoms with Crippen LogP contribution in [-0.4, -0.2) is 61.5 Å². The van der Waals surface area contributed by atoms with E-state index in [-0.39, 0.29) is 6.10 Å². The van der Waals surface area contributed by atoms with E-state index in [1.54, 1.807) is 0 Å². The van der Waals surface area contributed by atoms with Crippen molar-refractivity contribution < 1.29 is 9.84 Å². The number of ether oxygens (including phenoxy) is 1. The minimum absolute atomic E-state index is 0.225. The van der Waals surface area contributed by atoms with Crippen LogP contribution in [0.5, 0.6) is 0 Å². The summed E-state index contributed by atoms with van der Waals surface area (Å²) in [7, 11) is 0. The molecule has 3 saturated carbocycles. The van der Waals surface area contributed by atoms with Crippen molar-refractivity contribution in [1.29, 1.82) is 0 Å². The highest BCUT2D eigenvalue weighted by Gasteiger charge is 2.64. The Kier molecular flexibility index (Phi) is 3.30. The molecule has 19 heavy (non-hydrogen) atoms. The van der Waals surface area contributed by atoms with Crippen LogP contribution in [0, 0.1) is 23.7 Å². The van der Waals surface area contributed by atoms with E-state index >= 15 is 0 Å². The van der Waals surface area contributed by atoms with Crippen LogP contribution in [-0.2, 0) is 4.74 Å². The molecule has 1 saturated heterocycles. The second-order valence-corrected chi connectivity index (χ2v) is 6.99. The topological polar surface area (TPSA) is 44.7 Å². The maximum Gasteiger partial charge on any atom is 0.0791 e. The van der Waals surface area contributed by atoms with Crippen LogP contribution in [0.4, 0.5) is 0 Å². The van der Waals surface area contributed by atoms with E-state index in [0.29, 0.717) is 0 Å². The lowest BCUT2D eigenvalue weighted by Crippen LogP contribution is -2.44. The van der Waals surface area contributed by atoms with Crippen molar-refractivity contribution in [3.63, 3.8) is 0 Å². The van der Waals surface area contributed by atoms with Gasteiger partial charge in [0.05, 0.1) is 19.3 Å². The third-order valence-corrected chi connectivity index (χ3v) is 5.90. The Morgan fingerprint density at radius 1 is 1.16 bits per heavy atom. The summed E-state index contributed by atoms with van der Waals surface area (Å²) in [5.41, 5.74) is 0. The average molecular weight is 266 g/mol. The van der Waals surface area contributed by atoms with Gasteiger partial charge in [0.1, 0.15) is 0 Å². The molecule has 4 rings (SSSR count). The third-order valence-electron chi connectivity index (χ3n) is 5.90. The molecule has 3 aliphatic carbocycles. The van der Waals surface area contributed by atoms with Gasteiger partial charge in [-0.05, 0) is 42.9 Å². The molecule has 0 radical (unpaired) electrons. The van der Waals surface area contributed by atoms with E-state index in [2.05, 4.69) is 10.2 Å². The minimum atomic E-state index is -0.225. The Bertz CT molecular complexity index is 316. The zero-order valence-electron chi connectivity index (χ0n) is 11.6. The first-order valence-electron chi connectivity index (χ1n) is 8.04. The molecule has 5 atom stereocenters. The number of β-amino-alcohol motifs (C(OH)–C–C–N with tert-alkyl or cyclic N) is 1. The molecule has 1 heterocycles. The Hall–Kier alpha value is -0.160. The van der Waals surface area contributed by atoms with Gasteiger partial charge in [0.25, 0.3) is 0 Å². The summed E-state index contributed by atoms with van der Waals surface area (Å²) in [6.07, 6.45) is 4.22. The quantitative estimate of drug-likeness (QED) is 0.752. The highest BCUT2D eigenvalue weighted by molar-refractivity contribution is 5.16. The molecule has 108 valence electrons. The molecule has 4 nitrogen and oxygen atoms in total. The molecule has 2 bridgehead atoms.